The first-order chi connectivity index (χ1) is 28.1. The highest BCUT2D eigenvalue weighted by molar-refractivity contribution is 5.72. The Morgan fingerprint density at radius 2 is 0.914 bits per heavy atom. The Bertz CT molecular complexity index is 1090. The average molecular weight is 817 g/mol. The van der Waals surface area contributed by atoms with E-state index in [0.29, 0.717) is 19.3 Å². The number of carbonyl (C=O) groups excluding carboxylic acids is 2. The average Bonchev–Trinajstić information content (AvgIpc) is 3.18. The molecule has 0 amide bonds. The molecule has 0 saturated heterocycles. The van der Waals surface area contributed by atoms with Gasteiger partial charge in [0, 0.05) is 19.3 Å². The van der Waals surface area contributed by atoms with Gasteiger partial charge in [-0.2, -0.15) is 0 Å². The fraction of sp³-hybridized carbons (Fsp3) is 0.780. The summed E-state index contributed by atoms with van der Waals surface area (Å²) in [4.78, 5) is 37.0. The van der Waals surface area contributed by atoms with Crippen LogP contribution in [0.4, 0.5) is 0 Å². The van der Waals surface area contributed by atoms with E-state index in [2.05, 4.69) is 62.5 Å². The Kier molecular flexibility index (Phi) is 39.1. The molecule has 0 aliphatic rings. The number of unbranched alkanes of at least 4 members (excludes halogenated alkanes) is 20. The van der Waals surface area contributed by atoms with E-state index in [9.17, 15) is 19.5 Å². The predicted molar refractivity (Wildman–Crippen MR) is 243 cm³/mol. The fourth-order valence-electron chi connectivity index (χ4n) is 6.74. The number of aliphatic carboxylic acids is 1. The van der Waals surface area contributed by atoms with Crippen LogP contribution in [0.1, 0.15) is 200 Å². The van der Waals surface area contributed by atoms with E-state index in [-0.39, 0.29) is 36.2 Å². The van der Waals surface area contributed by atoms with Crippen molar-refractivity contribution >= 4 is 17.9 Å². The monoisotopic (exact) mass is 817 g/mol. The number of quaternary nitrogens is 1. The number of carboxylic acids is 1. The van der Waals surface area contributed by atoms with Gasteiger partial charge < -0.3 is 23.8 Å². The summed E-state index contributed by atoms with van der Waals surface area (Å²) >= 11 is 0. The Hall–Kier alpha value is -2.71. The lowest BCUT2D eigenvalue weighted by atomic mass is 10.1. The summed E-state index contributed by atoms with van der Waals surface area (Å²) in [6.45, 7) is 4.67. The van der Waals surface area contributed by atoms with Crippen molar-refractivity contribution < 1.29 is 38.2 Å². The zero-order chi connectivity index (χ0) is 42.8. The van der Waals surface area contributed by atoms with Gasteiger partial charge in [-0.1, -0.05) is 152 Å². The summed E-state index contributed by atoms with van der Waals surface area (Å²) in [5.41, 5.74) is 0. The third kappa shape index (κ3) is 38.8. The van der Waals surface area contributed by atoms with Gasteiger partial charge in [-0.25, -0.2) is 4.79 Å². The summed E-state index contributed by atoms with van der Waals surface area (Å²) in [6.07, 6.45) is 48.6. The van der Waals surface area contributed by atoms with Gasteiger partial charge in [-0.05, 0) is 77.0 Å². The number of rotatable bonds is 42. The summed E-state index contributed by atoms with van der Waals surface area (Å²) in [5.74, 6) is -1.49. The van der Waals surface area contributed by atoms with E-state index in [1.165, 1.54) is 96.3 Å². The number of carbonyl (C=O) groups is 3. The van der Waals surface area contributed by atoms with Gasteiger partial charge in [0.25, 0.3) is 0 Å². The molecule has 0 aromatic carbocycles. The second-order valence-corrected chi connectivity index (χ2v) is 17.0. The lowest BCUT2D eigenvalue weighted by Gasteiger charge is -2.31. The Balaban J connectivity index is 4.32. The van der Waals surface area contributed by atoms with E-state index in [1.54, 1.807) is 0 Å². The molecular formula is C50H90NO7+. The topological polar surface area (TPSA) is 99.1 Å². The summed E-state index contributed by atoms with van der Waals surface area (Å²) < 4.78 is 17.3. The van der Waals surface area contributed by atoms with Gasteiger partial charge in [0.1, 0.15) is 6.61 Å². The van der Waals surface area contributed by atoms with Crippen LogP contribution in [0.2, 0.25) is 0 Å². The van der Waals surface area contributed by atoms with E-state index in [0.717, 1.165) is 70.6 Å². The number of nitrogens with zero attached hydrogens (tertiary/aromatic N) is 1. The summed E-state index contributed by atoms with van der Waals surface area (Å²) in [7, 11) is 5.52. The van der Waals surface area contributed by atoms with E-state index < -0.39 is 18.1 Å². The fourth-order valence-corrected chi connectivity index (χ4v) is 6.74. The number of carboxylic acid groups (broad SMARTS) is 1. The van der Waals surface area contributed by atoms with Gasteiger partial charge in [0.2, 0.25) is 0 Å². The molecule has 0 heterocycles. The molecule has 1 N–H and O–H groups in total. The molecule has 0 saturated carbocycles. The molecule has 58 heavy (non-hydrogen) atoms. The van der Waals surface area contributed by atoms with Crippen molar-refractivity contribution in [2.24, 2.45) is 0 Å². The van der Waals surface area contributed by atoms with Crippen molar-refractivity contribution in [1.29, 1.82) is 0 Å². The quantitative estimate of drug-likeness (QED) is 0.0283. The third-order valence-electron chi connectivity index (χ3n) is 10.5. The number of likely N-dealkylation sites (N-methyl/N-ethyl adjacent to an activating group) is 1. The molecule has 0 bridgehead atoms. The van der Waals surface area contributed by atoms with Crippen LogP contribution in [0.3, 0.4) is 0 Å². The second kappa shape index (κ2) is 41.0. The number of hydrogen-bond donors (Lipinski definition) is 1. The number of esters is 2. The molecule has 2 unspecified atom stereocenters. The van der Waals surface area contributed by atoms with Crippen molar-refractivity contribution in [3.05, 3.63) is 48.6 Å². The van der Waals surface area contributed by atoms with Crippen LogP contribution in [0.5, 0.6) is 0 Å². The standard InChI is InChI=1S/C50H89NO7/c1-6-8-10-12-14-16-18-20-22-23-24-25-27-29-31-33-35-37-39-41-49(53)58-46(44-56-43-42-47(50(54)55)51(3,4)5)45-57-48(52)40-38-36-34-32-30-28-26-21-19-17-15-13-11-9-7-2/h14-17,20-22,26,46-47H,6-13,18-19,23-25,27-45H2,1-5H3/p+1/b16-14-,17-15-,22-20-,26-21-. The largest absolute Gasteiger partial charge is 0.477 e. The third-order valence-corrected chi connectivity index (χ3v) is 10.5. The van der Waals surface area contributed by atoms with Crippen LogP contribution in [-0.4, -0.2) is 80.6 Å². The van der Waals surface area contributed by atoms with Gasteiger partial charge in [0.15, 0.2) is 12.1 Å². The minimum absolute atomic E-state index is 0.0546. The second-order valence-electron chi connectivity index (χ2n) is 17.0. The molecule has 0 spiro atoms. The smallest absolute Gasteiger partial charge is 0.362 e. The predicted octanol–water partition coefficient (Wildman–Crippen LogP) is 13.2. The molecule has 2 atom stereocenters. The lowest BCUT2D eigenvalue weighted by Crippen LogP contribution is -2.50. The first-order valence-electron chi connectivity index (χ1n) is 23.7. The molecule has 0 aliphatic carbocycles. The highest BCUT2D eigenvalue weighted by Crippen LogP contribution is 2.14. The number of ether oxygens (including phenoxy) is 3. The van der Waals surface area contributed by atoms with Crippen molar-refractivity contribution in [3.63, 3.8) is 0 Å². The van der Waals surface area contributed by atoms with Gasteiger partial charge in [-0.3, -0.25) is 9.59 Å². The molecule has 0 aromatic heterocycles. The van der Waals surface area contributed by atoms with Crippen LogP contribution in [0.25, 0.3) is 0 Å². The van der Waals surface area contributed by atoms with Crippen molar-refractivity contribution in [3.8, 4) is 0 Å². The molecule has 0 aromatic rings. The first kappa shape index (κ1) is 55.3. The first-order valence-corrected chi connectivity index (χ1v) is 23.7. The van der Waals surface area contributed by atoms with Gasteiger partial charge in [0.05, 0.1) is 34.4 Å². The molecule has 336 valence electrons. The highest BCUT2D eigenvalue weighted by atomic mass is 16.6. The van der Waals surface area contributed by atoms with Crippen molar-refractivity contribution in [1.82, 2.24) is 0 Å². The van der Waals surface area contributed by atoms with Crippen LogP contribution in [0, 0.1) is 0 Å². The summed E-state index contributed by atoms with van der Waals surface area (Å²) in [6, 6.07) is -0.618. The van der Waals surface area contributed by atoms with Gasteiger partial charge in [-0.15, -0.1) is 0 Å². The molecular weight excluding hydrogens is 727 g/mol. The zero-order valence-electron chi connectivity index (χ0n) is 38.2. The Morgan fingerprint density at radius 3 is 1.33 bits per heavy atom. The molecule has 0 aliphatic heterocycles. The molecule has 0 radical (unpaired) electrons. The maximum absolute atomic E-state index is 12.8. The lowest BCUT2D eigenvalue weighted by molar-refractivity contribution is -0.887. The maximum Gasteiger partial charge on any atom is 0.362 e. The van der Waals surface area contributed by atoms with Crippen LogP contribution in [0.15, 0.2) is 48.6 Å². The van der Waals surface area contributed by atoms with Crippen LogP contribution < -0.4 is 0 Å². The molecule has 8 heteroatoms. The van der Waals surface area contributed by atoms with Crippen LogP contribution >= 0.6 is 0 Å². The minimum atomic E-state index is -0.878. The van der Waals surface area contributed by atoms with E-state index in [1.807, 2.05) is 21.1 Å². The SMILES string of the molecule is CCCCC/C=C\C/C=C\CCCCCCCCCCCC(=O)OC(COCCC(C(=O)O)[N+](C)(C)C)COC(=O)CCCCCCC/C=C\C/C=C\CCCCC. The molecule has 8 nitrogen and oxygen atoms in total. The Labute approximate surface area is 356 Å². The van der Waals surface area contributed by atoms with Crippen molar-refractivity contribution in [2.45, 2.75) is 212 Å². The van der Waals surface area contributed by atoms with Crippen LogP contribution in [-0.2, 0) is 28.6 Å². The molecule has 0 rings (SSSR count). The van der Waals surface area contributed by atoms with Gasteiger partial charge >= 0.3 is 17.9 Å². The van der Waals surface area contributed by atoms with E-state index in [4.69, 9.17) is 14.2 Å². The Morgan fingerprint density at radius 1 is 0.517 bits per heavy atom. The van der Waals surface area contributed by atoms with Crippen molar-refractivity contribution in [2.75, 3.05) is 41.0 Å². The number of hydrogen-bond acceptors (Lipinski definition) is 6. The zero-order valence-corrected chi connectivity index (χ0v) is 38.2. The van der Waals surface area contributed by atoms with E-state index >= 15 is 0 Å². The minimum Gasteiger partial charge on any atom is -0.477 e. The molecule has 0 fully saturated rings. The highest BCUT2D eigenvalue weighted by Gasteiger charge is 2.31. The maximum atomic E-state index is 12.8. The summed E-state index contributed by atoms with van der Waals surface area (Å²) in [5, 5.41) is 9.63. The number of allylic oxidation sites excluding steroid dienone is 8. The normalized spacial score (nSPS) is 13.3.